The van der Waals surface area contributed by atoms with Gasteiger partial charge in [0.1, 0.15) is 10.6 Å². The van der Waals surface area contributed by atoms with E-state index in [9.17, 15) is 4.79 Å². The molecule has 0 amide bonds. The molecule has 0 aromatic rings. The molecule has 1 aliphatic rings. The molecule has 14 heavy (non-hydrogen) atoms. The fraction of sp³-hybridized carbons (Fsp3) is 0.625. The summed E-state index contributed by atoms with van der Waals surface area (Å²) in [6.45, 7) is 3.41. The van der Waals surface area contributed by atoms with Crippen LogP contribution >= 0.6 is 46.4 Å². The summed E-state index contributed by atoms with van der Waals surface area (Å²) in [7, 11) is 0. The number of cyclic esters (lactones) is 1. The van der Waals surface area contributed by atoms with Crippen LogP contribution in [0.15, 0.2) is 10.6 Å². The SMILES string of the molecule is CC1(C)C(C=C(Cl)Cl)OC(=O)C1(Cl)Cl. The maximum absolute atomic E-state index is 11.3. The van der Waals surface area contributed by atoms with Gasteiger partial charge in [-0.2, -0.15) is 0 Å². The van der Waals surface area contributed by atoms with Crippen molar-refractivity contribution in [3.8, 4) is 0 Å². The Morgan fingerprint density at radius 2 is 1.93 bits per heavy atom. The number of rotatable bonds is 1. The van der Waals surface area contributed by atoms with E-state index in [1.807, 2.05) is 0 Å². The molecule has 80 valence electrons. The minimum Gasteiger partial charge on any atom is -0.455 e. The van der Waals surface area contributed by atoms with Crippen molar-refractivity contribution >= 4 is 52.4 Å². The maximum atomic E-state index is 11.3. The lowest BCUT2D eigenvalue weighted by molar-refractivity contribution is -0.140. The quantitative estimate of drug-likeness (QED) is 0.542. The Bertz CT molecular complexity index is 292. The molecule has 6 heteroatoms. The number of carbonyl (C=O) groups is 1. The smallest absolute Gasteiger partial charge is 0.343 e. The lowest BCUT2D eigenvalue weighted by atomic mass is 9.84. The average molecular weight is 278 g/mol. The normalized spacial score (nSPS) is 28.4. The third-order valence-corrected chi connectivity index (χ3v) is 3.82. The van der Waals surface area contributed by atoms with E-state index in [0.717, 1.165) is 0 Å². The summed E-state index contributed by atoms with van der Waals surface area (Å²) in [6.07, 6.45) is 0.781. The van der Waals surface area contributed by atoms with Gasteiger partial charge in [0.15, 0.2) is 0 Å². The zero-order chi connectivity index (χ0) is 11.1. The van der Waals surface area contributed by atoms with Crippen molar-refractivity contribution in [3.63, 3.8) is 0 Å². The third-order valence-electron chi connectivity index (χ3n) is 2.29. The number of halogens is 4. The van der Waals surface area contributed by atoms with Gasteiger partial charge in [0.2, 0.25) is 4.33 Å². The second-order valence-corrected chi connectivity index (χ2v) is 5.91. The van der Waals surface area contributed by atoms with Crippen molar-refractivity contribution < 1.29 is 9.53 Å². The van der Waals surface area contributed by atoms with Gasteiger partial charge in [-0.05, 0) is 6.08 Å². The first-order valence-electron chi connectivity index (χ1n) is 3.81. The Balaban J connectivity index is 3.06. The van der Waals surface area contributed by atoms with Gasteiger partial charge < -0.3 is 4.74 Å². The molecule has 2 nitrogen and oxygen atoms in total. The number of hydrogen-bond donors (Lipinski definition) is 0. The maximum Gasteiger partial charge on any atom is 0.343 e. The van der Waals surface area contributed by atoms with Crippen molar-refractivity contribution in [3.05, 3.63) is 10.6 Å². The highest BCUT2D eigenvalue weighted by molar-refractivity contribution is 6.58. The lowest BCUT2D eigenvalue weighted by Gasteiger charge is -2.28. The lowest BCUT2D eigenvalue weighted by Crippen LogP contribution is -2.38. The van der Waals surface area contributed by atoms with Crippen molar-refractivity contribution in [1.82, 2.24) is 0 Å². The Labute approximate surface area is 102 Å². The van der Waals surface area contributed by atoms with Crippen LogP contribution in [-0.4, -0.2) is 16.4 Å². The standard InChI is InChI=1S/C8H8Cl4O2/c1-7(2)4(3-5(9)10)14-6(13)8(7,11)12/h3-4H,1-2H3. The first-order chi connectivity index (χ1) is 6.19. The molecule has 0 bridgehead atoms. The Hall–Kier alpha value is 0.370. The molecule has 0 saturated carbocycles. The molecule has 1 heterocycles. The van der Waals surface area contributed by atoms with Gasteiger partial charge in [0, 0.05) is 5.41 Å². The van der Waals surface area contributed by atoms with Crippen LogP contribution in [0, 0.1) is 5.41 Å². The highest BCUT2D eigenvalue weighted by atomic mass is 35.5. The molecule has 0 aliphatic carbocycles. The van der Waals surface area contributed by atoms with Crippen molar-refractivity contribution in [2.45, 2.75) is 24.3 Å². The Kier molecular flexibility index (Phi) is 3.33. The second-order valence-electron chi connectivity index (χ2n) is 3.58. The number of hydrogen-bond acceptors (Lipinski definition) is 2. The highest BCUT2D eigenvalue weighted by Gasteiger charge is 2.61. The first kappa shape index (κ1) is 12.4. The molecule has 0 aromatic carbocycles. The van der Waals surface area contributed by atoms with Gasteiger partial charge in [-0.3, -0.25) is 0 Å². The number of esters is 1. The van der Waals surface area contributed by atoms with Crippen LogP contribution in [0.25, 0.3) is 0 Å². The monoisotopic (exact) mass is 276 g/mol. The Morgan fingerprint density at radius 1 is 1.43 bits per heavy atom. The summed E-state index contributed by atoms with van der Waals surface area (Å²) in [6, 6.07) is 0. The van der Waals surface area contributed by atoms with E-state index >= 15 is 0 Å². The van der Waals surface area contributed by atoms with Crippen LogP contribution in [0.4, 0.5) is 0 Å². The molecule has 0 aromatic heterocycles. The predicted molar refractivity (Wildman–Crippen MR) is 57.9 cm³/mol. The predicted octanol–water partition coefficient (Wildman–Crippen LogP) is 3.43. The molecule has 1 aliphatic heterocycles. The van der Waals surface area contributed by atoms with Crippen molar-refractivity contribution in [2.24, 2.45) is 5.41 Å². The van der Waals surface area contributed by atoms with E-state index in [1.54, 1.807) is 13.8 Å². The molecule has 1 fully saturated rings. The average Bonchev–Trinajstić information content (AvgIpc) is 2.12. The number of ether oxygens (including phenoxy) is 1. The van der Waals surface area contributed by atoms with E-state index in [1.165, 1.54) is 6.08 Å². The Morgan fingerprint density at radius 3 is 2.21 bits per heavy atom. The minimum atomic E-state index is -1.57. The zero-order valence-electron chi connectivity index (χ0n) is 7.48. The molecule has 1 atom stereocenters. The van der Waals surface area contributed by atoms with Gasteiger partial charge in [-0.1, -0.05) is 60.3 Å². The van der Waals surface area contributed by atoms with E-state index < -0.39 is 21.8 Å². The summed E-state index contributed by atoms with van der Waals surface area (Å²) >= 11 is 22.7. The van der Waals surface area contributed by atoms with Crippen LogP contribution in [0.1, 0.15) is 13.8 Å². The third kappa shape index (κ3) is 1.85. The van der Waals surface area contributed by atoms with Crippen LogP contribution in [-0.2, 0) is 9.53 Å². The summed E-state index contributed by atoms with van der Waals surface area (Å²) in [5, 5.41) is 0. The summed E-state index contributed by atoms with van der Waals surface area (Å²) in [4.78, 5) is 11.3. The fourth-order valence-electron chi connectivity index (χ4n) is 1.14. The van der Waals surface area contributed by atoms with Crippen molar-refractivity contribution in [2.75, 3.05) is 0 Å². The highest BCUT2D eigenvalue weighted by Crippen LogP contribution is 2.51. The summed E-state index contributed by atoms with van der Waals surface area (Å²) < 4.78 is 3.40. The van der Waals surface area contributed by atoms with Crippen LogP contribution < -0.4 is 0 Å². The largest absolute Gasteiger partial charge is 0.455 e. The topological polar surface area (TPSA) is 26.3 Å². The second kappa shape index (κ2) is 3.75. The van der Waals surface area contributed by atoms with Crippen LogP contribution in [0.3, 0.4) is 0 Å². The molecule has 0 N–H and O–H groups in total. The molecular formula is C8H8Cl4O2. The number of carbonyl (C=O) groups excluding carboxylic acids is 1. The van der Waals surface area contributed by atoms with Crippen LogP contribution in [0.2, 0.25) is 0 Å². The molecule has 0 spiro atoms. The number of alkyl halides is 2. The molecule has 1 saturated heterocycles. The van der Waals surface area contributed by atoms with Crippen LogP contribution in [0.5, 0.6) is 0 Å². The molecular weight excluding hydrogens is 270 g/mol. The van der Waals surface area contributed by atoms with Gasteiger partial charge in [0.25, 0.3) is 0 Å². The zero-order valence-corrected chi connectivity index (χ0v) is 10.5. The fourth-order valence-corrected chi connectivity index (χ4v) is 1.67. The van der Waals surface area contributed by atoms with Gasteiger partial charge in [-0.15, -0.1) is 0 Å². The summed E-state index contributed by atoms with van der Waals surface area (Å²) in [5.41, 5.74) is -0.776. The molecule has 1 unspecified atom stereocenters. The van der Waals surface area contributed by atoms with Crippen molar-refractivity contribution in [1.29, 1.82) is 0 Å². The van der Waals surface area contributed by atoms with E-state index in [-0.39, 0.29) is 4.49 Å². The molecule has 1 rings (SSSR count). The summed E-state index contributed by atoms with van der Waals surface area (Å²) in [5.74, 6) is -0.679. The molecule has 0 radical (unpaired) electrons. The van der Waals surface area contributed by atoms with Gasteiger partial charge >= 0.3 is 5.97 Å². The van der Waals surface area contributed by atoms with Gasteiger partial charge in [-0.25, -0.2) is 4.79 Å². The van der Waals surface area contributed by atoms with Gasteiger partial charge in [0.05, 0.1) is 0 Å². The first-order valence-corrected chi connectivity index (χ1v) is 5.32. The van der Waals surface area contributed by atoms with E-state index in [0.29, 0.717) is 0 Å². The van der Waals surface area contributed by atoms with E-state index in [2.05, 4.69) is 0 Å². The van der Waals surface area contributed by atoms with E-state index in [4.69, 9.17) is 51.1 Å². The minimum absolute atomic E-state index is 0.0157.